The topological polar surface area (TPSA) is 78.4 Å². The second kappa shape index (κ2) is 13.7. The monoisotopic (exact) mass is 758 g/mol. The number of benzene rings is 2. The fourth-order valence-electron chi connectivity index (χ4n) is 6.80. The molecule has 3 aliphatic heterocycles. The lowest BCUT2D eigenvalue weighted by Crippen LogP contribution is -3.00. The molecule has 1 N–H and O–H groups in total. The Labute approximate surface area is 280 Å². The van der Waals surface area contributed by atoms with Crippen molar-refractivity contribution in [3.05, 3.63) is 75.9 Å². The normalized spacial score (nSPS) is 19.2. The predicted octanol–water partition coefficient (Wildman–Crippen LogP) is 2.37. The number of quaternary nitrogens is 1. The molecular weight excluding hydrogens is 721 g/mol. The van der Waals surface area contributed by atoms with E-state index in [0.29, 0.717) is 29.8 Å². The van der Waals surface area contributed by atoms with Crippen molar-refractivity contribution in [1.82, 2.24) is 14.3 Å². The lowest BCUT2D eigenvalue weighted by atomic mass is 9.97. The molecule has 0 atom stereocenters. The van der Waals surface area contributed by atoms with Gasteiger partial charge in [-0.05, 0) is 37.5 Å². The highest BCUT2D eigenvalue weighted by atomic mass is 127. The van der Waals surface area contributed by atoms with Gasteiger partial charge >= 0.3 is 0 Å². The zero-order valence-corrected chi connectivity index (χ0v) is 28.5. The van der Waals surface area contributed by atoms with E-state index >= 15 is 0 Å². The number of sulfonamides is 1. The molecule has 3 aromatic rings. The summed E-state index contributed by atoms with van der Waals surface area (Å²) in [6.45, 7) is 4.52. The summed E-state index contributed by atoms with van der Waals surface area (Å²) < 4.78 is 57.7. The van der Waals surface area contributed by atoms with Crippen LogP contribution in [0.3, 0.4) is 0 Å². The number of hydrogen-bond acceptors (Lipinski definition) is 6. The summed E-state index contributed by atoms with van der Waals surface area (Å²) in [5, 5.41) is 3.39. The van der Waals surface area contributed by atoms with Gasteiger partial charge < -0.3 is 38.7 Å². The Bertz CT molecular complexity index is 1600. The maximum Gasteiger partial charge on any atom is 0.244 e. The molecule has 0 saturated carbocycles. The Balaban J connectivity index is 0.00000384. The van der Waals surface area contributed by atoms with Crippen molar-refractivity contribution in [3.8, 4) is 0 Å². The average Bonchev–Trinajstić information content (AvgIpc) is 3.00. The van der Waals surface area contributed by atoms with Gasteiger partial charge in [-0.2, -0.15) is 9.29 Å². The van der Waals surface area contributed by atoms with Gasteiger partial charge in [0.15, 0.2) is 0 Å². The molecule has 4 heterocycles. The van der Waals surface area contributed by atoms with Crippen LogP contribution in [-0.2, 0) is 29.5 Å². The van der Waals surface area contributed by atoms with Crippen LogP contribution in [0.5, 0.6) is 0 Å². The lowest BCUT2D eigenvalue weighted by Gasteiger charge is -2.47. The lowest BCUT2D eigenvalue weighted by molar-refractivity contribution is -0.938. The number of likely N-dealkylation sites (tertiary alicyclic amines) is 1. The van der Waals surface area contributed by atoms with E-state index < -0.39 is 21.7 Å². The first-order valence-electron chi connectivity index (χ1n) is 15.1. The molecule has 0 spiro atoms. The standard InChI is InChI=1S/C31H38ClF2N6O2S.HI/c1-40(17-5-2-6-18-40)24-11-14-38(15-12-24)31-36-28-13-16-39(43(41,42)29-8-4-3-7-26(29)32)21-25(28)30(37-31)35-20-22-9-10-23(33)19-27(22)34;/h3-4,7-10,19,24H,2,5-6,11-18,20-21H2,1H3,(H,35,36,37);1H/q+1;/p-1. The van der Waals surface area contributed by atoms with E-state index in [1.165, 1.54) is 54.9 Å². The molecule has 1 aromatic heterocycles. The Morgan fingerprint density at radius 2 is 1.75 bits per heavy atom. The molecule has 0 amide bonds. The van der Waals surface area contributed by atoms with Gasteiger partial charge in [-0.3, -0.25) is 0 Å². The molecule has 2 saturated heterocycles. The van der Waals surface area contributed by atoms with Crippen molar-refractivity contribution in [1.29, 1.82) is 0 Å². The molecule has 2 aromatic carbocycles. The summed E-state index contributed by atoms with van der Waals surface area (Å²) in [5.41, 5.74) is 1.70. The maximum absolute atomic E-state index is 14.5. The fraction of sp³-hybridized carbons (Fsp3) is 0.484. The van der Waals surface area contributed by atoms with Crippen LogP contribution >= 0.6 is 11.6 Å². The molecule has 44 heavy (non-hydrogen) atoms. The molecule has 0 aliphatic carbocycles. The summed E-state index contributed by atoms with van der Waals surface area (Å²) in [6.07, 6.45) is 6.42. The largest absolute Gasteiger partial charge is 1.00 e. The van der Waals surface area contributed by atoms with Crippen molar-refractivity contribution in [3.63, 3.8) is 0 Å². The number of aromatic nitrogens is 2. The highest BCUT2D eigenvalue weighted by Crippen LogP contribution is 2.34. The van der Waals surface area contributed by atoms with Crippen LogP contribution in [0, 0.1) is 11.6 Å². The zero-order valence-electron chi connectivity index (χ0n) is 24.8. The Morgan fingerprint density at radius 3 is 2.45 bits per heavy atom. The van der Waals surface area contributed by atoms with Crippen LogP contribution in [0.15, 0.2) is 47.4 Å². The molecule has 8 nitrogen and oxygen atoms in total. The van der Waals surface area contributed by atoms with Crippen molar-refractivity contribution in [2.45, 2.75) is 62.6 Å². The average molecular weight is 759 g/mol. The van der Waals surface area contributed by atoms with Crippen LogP contribution in [0.25, 0.3) is 0 Å². The Morgan fingerprint density at radius 1 is 1.02 bits per heavy atom. The van der Waals surface area contributed by atoms with Crippen LogP contribution in [0.1, 0.15) is 48.9 Å². The molecule has 238 valence electrons. The molecule has 13 heteroatoms. The molecule has 6 rings (SSSR count). The third kappa shape index (κ3) is 6.84. The van der Waals surface area contributed by atoms with Gasteiger partial charge in [0.2, 0.25) is 16.0 Å². The van der Waals surface area contributed by atoms with Crippen molar-refractivity contribution >= 4 is 33.4 Å². The minimum atomic E-state index is -3.88. The maximum atomic E-state index is 14.5. The second-order valence-electron chi connectivity index (χ2n) is 12.1. The predicted molar refractivity (Wildman–Crippen MR) is 163 cm³/mol. The van der Waals surface area contributed by atoms with Crippen molar-refractivity contribution < 1.29 is 45.7 Å². The summed E-state index contributed by atoms with van der Waals surface area (Å²) in [5.74, 6) is -0.245. The van der Waals surface area contributed by atoms with E-state index in [1.54, 1.807) is 18.2 Å². The number of hydrogen-bond donors (Lipinski definition) is 1. The third-order valence-corrected chi connectivity index (χ3v) is 11.7. The summed E-state index contributed by atoms with van der Waals surface area (Å²) in [4.78, 5) is 12.1. The van der Waals surface area contributed by atoms with Crippen LogP contribution in [0.2, 0.25) is 5.02 Å². The third-order valence-electron chi connectivity index (χ3n) is 9.40. The van der Waals surface area contributed by atoms with Crippen LogP contribution in [-0.4, -0.2) is 73.0 Å². The van der Waals surface area contributed by atoms with E-state index in [9.17, 15) is 17.2 Å². The van der Waals surface area contributed by atoms with E-state index in [0.717, 1.165) is 42.2 Å². The molecule has 2 fully saturated rings. The van der Waals surface area contributed by atoms with Gasteiger partial charge in [0.25, 0.3) is 0 Å². The minimum absolute atomic E-state index is 0. The molecule has 0 radical (unpaired) electrons. The molecule has 3 aliphatic rings. The minimum Gasteiger partial charge on any atom is -1.00 e. The number of fused-ring (bicyclic) bond motifs is 1. The van der Waals surface area contributed by atoms with E-state index in [-0.39, 0.29) is 59.1 Å². The molecular formula is C31H38ClF2IN6O2S. The second-order valence-corrected chi connectivity index (χ2v) is 14.4. The highest BCUT2D eigenvalue weighted by molar-refractivity contribution is 7.89. The first kappa shape index (κ1) is 33.2. The number of rotatable bonds is 7. The van der Waals surface area contributed by atoms with Crippen molar-refractivity contribution in [2.75, 3.05) is 50.0 Å². The van der Waals surface area contributed by atoms with E-state index in [2.05, 4.69) is 17.3 Å². The van der Waals surface area contributed by atoms with Gasteiger partial charge in [-0.15, -0.1) is 0 Å². The van der Waals surface area contributed by atoms with Crippen LogP contribution < -0.4 is 34.2 Å². The smallest absolute Gasteiger partial charge is 0.244 e. The summed E-state index contributed by atoms with van der Waals surface area (Å²) in [6, 6.07) is 10.5. The summed E-state index contributed by atoms with van der Waals surface area (Å²) >= 11 is 6.27. The van der Waals surface area contributed by atoms with Gasteiger partial charge in [-0.1, -0.05) is 29.8 Å². The Kier molecular flexibility index (Phi) is 10.3. The van der Waals surface area contributed by atoms with Gasteiger partial charge in [-0.25, -0.2) is 22.2 Å². The first-order valence-corrected chi connectivity index (χ1v) is 16.9. The quantitative estimate of drug-likeness (QED) is 0.295. The first-order chi connectivity index (χ1) is 20.6. The summed E-state index contributed by atoms with van der Waals surface area (Å²) in [7, 11) is -1.48. The number of anilines is 2. The number of nitrogens with zero attached hydrogens (tertiary/aromatic N) is 5. The number of piperidine rings is 2. The zero-order chi connectivity index (χ0) is 30.2. The van der Waals surface area contributed by atoms with Crippen LogP contribution in [0.4, 0.5) is 20.5 Å². The fourth-order valence-corrected chi connectivity index (χ4v) is 8.70. The molecule has 0 bridgehead atoms. The van der Waals surface area contributed by atoms with E-state index in [1.807, 2.05) is 0 Å². The van der Waals surface area contributed by atoms with Crippen molar-refractivity contribution in [2.24, 2.45) is 0 Å². The van der Waals surface area contributed by atoms with Gasteiger partial charge in [0.1, 0.15) is 22.3 Å². The highest BCUT2D eigenvalue weighted by Gasteiger charge is 2.38. The Hall–Kier alpha value is -2.13. The van der Waals surface area contributed by atoms with E-state index in [4.69, 9.17) is 21.6 Å². The number of halogens is 4. The SMILES string of the molecule is C[N+]1(C2CCN(c3nc4c(c(NCc5ccc(F)cc5F)n3)CN(S(=O)(=O)c3ccccc3Cl)CC4)CC2)CCCCC1.[I-]. The van der Waals surface area contributed by atoms with Gasteiger partial charge in [0, 0.05) is 69.2 Å². The number of nitrogens with one attached hydrogen (secondary N) is 1. The van der Waals surface area contributed by atoms with Gasteiger partial charge in [0.05, 0.1) is 36.9 Å². The molecule has 0 unspecified atom stereocenters.